The summed E-state index contributed by atoms with van der Waals surface area (Å²) in [6, 6.07) is 26.5. The molecular weight excluding hydrogens is 631 g/mol. The van der Waals surface area contributed by atoms with Crippen LogP contribution >= 0.6 is 0 Å². The number of pyridine rings is 1. The van der Waals surface area contributed by atoms with Crippen LogP contribution in [0.4, 0.5) is 0 Å². The quantitative estimate of drug-likeness (QED) is 0.253. The summed E-state index contributed by atoms with van der Waals surface area (Å²) in [7, 11) is 0. The molecule has 4 aromatic rings. The Kier molecular flexibility index (Phi) is 5.76. The van der Waals surface area contributed by atoms with Crippen LogP contribution in [-0.4, -0.2) is 21.6 Å². The largest absolute Gasteiger partial charge is 0.511 e. The first kappa shape index (κ1) is 24.5. The summed E-state index contributed by atoms with van der Waals surface area (Å²) >= 11 is 0. The van der Waals surface area contributed by atoms with Gasteiger partial charge in [-0.05, 0) is 35.6 Å². The van der Waals surface area contributed by atoms with Crippen molar-refractivity contribution in [1.29, 1.82) is 0 Å². The summed E-state index contributed by atoms with van der Waals surface area (Å²) in [6.45, 7) is 8.86. The number of aromatic nitrogens is 1. The van der Waals surface area contributed by atoms with E-state index in [0.717, 1.165) is 17.4 Å². The number of fused-ring (bicyclic) bond motifs is 4. The van der Waals surface area contributed by atoms with Gasteiger partial charge in [-0.25, -0.2) is 4.98 Å². The number of nitrogens with zero attached hydrogens (tertiary/aromatic N) is 2. The first-order chi connectivity index (χ1) is 16.7. The van der Waals surface area contributed by atoms with Crippen LogP contribution in [0.5, 0.6) is 17.4 Å². The molecule has 186 valence electrons. The molecule has 1 aromatic heterocycles. The van der Waals surface area contributed by atoms with Crippen LogP contribution in [0.25, 0.3) is 10.9 Å². The Balaban J connectivity index is 0.00000267. The van der Waals surface area contributed by atoms with Gasteiger partial charge in [0.25, 0.3) is 0 Å². The maximum absolute atomic E-state index is 10.2. The average molecular weight is 659 g/mol. The Morgan fingerprint density at radius 3 is 2.56 bits per heavy atom. The van der Waals surface area contributed by atoms with Gasteiger partial charge in [-0.1, -0.05) is 68.8 Å². The number of benzene rings is 3. The molecule has 6 rings (SSSR count). The Hall–Kier alpha value is -3.17. The van der Waals surface area contributed by atoms with E-state index in [1.54, 1.807) is 18.2 Å². The molecule has 2 heterocycles. The smallest absolute Gasteiger partial charge is 0.217 e. The Morgan fingerprint density at radius 1 is 0.972 bits per heavy atom. The van der Waals surface area contributed by atoms with E-state index in [2.05, 4.69) is 63.0 Å². The van der Waals surface area contributed by atoms with Crippen LogP contribution in [0.2, 0.25) is 0 Å². The summed E-state index contributed by atoms with van der Waals surface area (Å²) < 4.78 is 12.7. The second-order valence-corrected chi connectivity index (χ2v) is 10.6. The van der Waals surface area contributed by atoms with Crippen molar-refractivity contribution in [2.24, 2.45) is 10.4 Å². The van der Waals surface area contributed by atoms with Gasteiger partial charge in [-0.3, -0.25) is 4.99 Å². The number of phenols is 1. The molecule has 1 N–H and O–H groups in total. The number of phenolic OH excluding ortho intramolecular Hbond substituents is 1. The fourth-order valence-corrected chi connectivity index (χ4v) is 5.88. The van der Waals surface area contributed by atoms with Crippen molar-refractivity contribution in [3.8, 4) is 17.4 Å². The first-order valence-corrected chi connectivity index (χ1v) is 11.9. The molecule has 1 aliphatic carbocycles. The van der Waals surface area contributed by atoms with Crippen molar-refractivity contribution in [2.75, 3.05) is 0 Å². The van der Waals surface area contributed by atoms with Crippen LogP contribution in [-0.2, 0) is 37.8 Å². The number of ether oxygens (including phenoxy) is 2. The van der Waals surface area contributed by atoms with Crippen LogP contribution in [0.3, 0.4) is 0 Å². The van der Waals surface area contributed by atoms with Gasteiger partial charge < -0.3 is 14.6 Å². The minimum Gasteiger partial charge on any atom is -0.511 e. The molecule has 0 fully saturated rings. The number of aliphatic imine (C=N–C) groups is 1. The van der Waals surface area contributed by atoms with E-state index in [9.17, 15) is 5.11 Å². The third kappa shape index (κ3) is 3.56. The number of aromatic hydroxyl groups is 1. The van der Waals surface area contributed by atoms with Gasteiger partial charge in [-0.2, -0.15) is 0 Å². The molecule has 2 atom stereocenters. The van der Waals surface area contributed by atoms with Gasteiger partial charge in [0.2, 0.25) is 5.88 Å². The molecule has 5 nitrogen and oxygen atoms in total. The van der Waals surface area contributed by atoms with E-state index < -0.39 is 11.1 Å². The summed E-state index contributed by atoms with van der Waals surface area (Å²) in [5, 5.41) is 11.0. The Morgan fingerprint density at radius 2 is 1.75 bits per heavy atom. The van der Waals surface area contributed by atoms with Crippen molar-refractivity contribution < 1.29 is 35.6 Å². The molecule has 0 unspecified atom stereocenters. The SMILES string of the molecule is CC(C)(C)[C@@]12N=C(c3[c-]c(Oc4ccc5cccc(O)c5n4)ccc3)O[C@]1(C)Cc1ccccc12.[Pt]. The Labute approximate surface area is 225 Å². The van der Waals surface area contributed by atoms with Crippen molar-refractivity contribution in [1.82, 2.24) is 4.98 Å². The number of hydrogen-bond donors (Lipinski definition) is 1. The van der Waals surface area contributed by atoms with E-state index in [1.807, 2.05) is 30.3 Å². The molecule has 2 aliphatic rings. The molecule has 1 aliphatic heterocycles. The van der Waals surface area contributed by atoms with Crippen LogP contribution in [0.15, 0.2) is 77.8 Å². The van der Waals surface area contributed by atoms with Crippen molar-refractivity contribution in [2.45, 2.75) is 45.3 Å². The van der Waals surface area contributed by atoms with Crippen LogP contribution in [0, 0.1) is 11.5 Å². The average Bonchev–Trinajstić information content (AvgIpc) is 3.27. The molecule has 6 heteroatoms. The zero-order chi connectivity index (χ0) is 24.4. The molecule has 0 amide bonds. The number of rotatable bonds is 3. The molecular formula is C30H27N2O3Pt-. The Bertz CT molecular complexity index is 1510. The predicted molar refractivity (Wildman–Crippen MR) is 136 cm³/mol. The monoisotopic (exact) mass is 658 g/mol. The van der Waals surface area contributed by atoms with E-state index in [-0.39, 0.29) is 32.2 Å². The van der Waals surface area contributed by atoms with Crippen molar-refractivity contribution in [3.05, 3.63) is 95.6 Å². The molecule has 3 aromatic carbocycles. The topological polar surface area (TPSA) is 63.9 Å². The molecule has 0 radical (unpaired) electrons. The van der Waals surface area contributed by atoms with Gasteiger partial charge in [0, 0.05) is 44.7 Å². The standard InChI is InChI=1S/C30H27N2O3.Pt/c1-28(2,3)30-23-13-6-5-9-21(23)18-29(30,4)35-27(32-30)20-11-7-12-22(17-20)34-25-16-15-19-10-8-14-24(33)26(19)31-25;/h5-16,33H,18H2,1-4H3;/q-1;/t29-,30-;/m1./s1. The minimum atomic E-state index is -0.506. The maximum Gasteiger partial charge on any atom is 0.217 e. The molecule has 0 saturated heterocycles. The van der Waals surface area contributed by atoms with Crippen molar-refractivity contribution in [3.63, 3.8) is 0 Å². The van der Waals surface area contributed by atoms with E-state index in [0.29, 0.717) is 23.0 Å². The van der Waals surface area contributed by atoms with E-state index in [4.69, 9.17) is 14.5 Å². The fourth-order valence-electron chi connectivity index (χ4n) is 5.88. The minimum absolute atomic E-state index is 0. The van der Waals surface area contributed by atoms with Crippen LogP contribution in [0.1, 0.15) is 44.4 Å². The van der Waals surface area contributed by atoms with Gasteiger partial charge >= 0.3 is 0 Å². The second-order valence-electron chi connectivity index (χ2n) is 10.6. The van der Waals surface area contributed by atoms with Crippen LogP contribution < -0.4 is 4.74 Å². The first-order valence-electron chi connectivity index (χ1n) is 11.9. The number of para-hydroxylation sites is 1. The molecule has 0 spiro atoms. The van der Waals surface area contributed by atoms with Gasteiger partial charge in [-0.15, -0.1) is 18.2 Å². The zero-order valence-corrected chi connectivity index (χ0v) is 22.9. The second kappa shape index (κ2) is 8.45. The summed E-state index contributed by atoms with van der Waals surface area (Å²) in [6.07, 6.45) is 0.800. The van der Waals surface area contributed by atoms with Crippen molar-refractivity contribution >= 4 is 16.8 Å². The van der Waals surface area contributed by atoms with Gasteiger partial charge in [0.1, 0.15) is 28.3 Å². The summed E-state index contributed by atoms with van der Waals surface area (Å²) in [5.74, 6) is 1.58. The third-order valence-corrected chi connectivity index (χ3v) is 7.26. The summed E-state index contributed by atoms with van der Waals surface area (Å²) in [5.41, 5.74) is 2.60. The maximum atomic E-state index is 10.2. The van der Waals surface area contributed by atoms with Gasteiger partial charge in [0.15, 0.2) is 0 Å². The fraction of sp³-hybridized carbons (Fsp3) is 0.267. The molecule has 0 bridgehead atoms. The summed E-state index contributed by atoms with van der Waals surface area (Å²) in [4.78, 5) is 9.77. The van der Waals surface area contributed by atoms with Gasteiger partial charge in [0.05, 0.1) is 0 Å². The number of hydrogen-bond acceptors (Lipinski definition) is 5. The van der Waals surface area contributed by atoms with E-state index in [1.165, 1.54) is 11.1 Å². The van der Waals surface area contributed by atoms with E-state index >= 15 is 0 Å². The predicted octanol–water partition coefficient (Wildman–Crippen LogP) is 6.56. The molecule has 36 heavy (non-hydrogen) atoms. The normalized spacial score (nSPS) is 22.3. The third-order valence-electron chi connectivity index (χ3n) is 7.26. The molecule has 0 saturated carbocycles. The zero-order valence-electron chi connectivity index (χ0n) is 20.6.